The standard InChI is InChI=1S/C15H21NO3S/c1-17-13-8-11(16)4-5-14(13)20-10-12-9-18-15(19-12)6-2-3-7-15/h4-5,8,12H,2-3,6-7,9-10,16H2,1H3. The summed E-state index contributed by atoms with van der Waals surface area (Å²) < 4.78 is 17.4. The van der Waals surface area contributed by atoms with Gasteiger partial charge in [-0.15, -0.1) is 11.8 Å². The van der Waals surface area contributed by atoms with Crippen molar-refractivity contribution in [2.24, 2.45) is 0 Å². The number of ether oxygens (including phenoxy) is 3. The Kier molecular flexibility index (Phi) is 4.10. The van der Waals surface area contributed by atoms with E-state index in [2.05, 4.69) is 0 Å². The molecule has 2 aliphatic rings. The van der Waals surface area contributed by atoms with E-state index >= 15 is 0 Å². The number of nitrogen functional groups attached to an aromatic ring is 1. The van der Waals surface area contributed by atoms with Gasteiger partial charge in [0.2, 0.25) is 0 Å². The third kappa shape index (κ3) is 2.90. The Morgan fingerprint density at radius 3 is 2.95 bits per heavy atom. The molecule has 4 nitrogen and oxygen atoms in total. The van der Waals surface area contributed by atoms with E-state index in [-0.39, 0.29) is 11.9 Å². The summed E-state index contributed by atoms with van der Waals surface area (Å²) in [6.07, 6.45) is 4.68. The maximum absolute atomic E-state index is 6.12. The molecular formula is C15H21NO3S. The lowest BCUT2D eigenvalue weighted by atomic mass is 10.2. The van der Waals surface area contributed by atoms with Gasteiger partial charge in [-0.3, -0.25) is 0 Å². The second-order valence-electron chi connectivity index (χ2n) is 5.39. The van der Waals surface area contributed by atoms with Gasteiger partial charge in [0.15, 0.2) is 5.79 Å². The van der Waals surface area contributed by atoms with Crippen LogP contribution in [-0.4, -0.2) is 31.4 Å². The first kappa shape index (κ1) is 14.0. The number of hydrogen-bond donors (Lipinski definition) is 1. The zero-order chi connectivity index (χ0) is 14.0. The number of rotatable bonds is 4. The van der Waals surface area contributed by atoms with Crippen LogP contribution >= 0.6 is 11.8 Å². The minimum Gasteiger partial charge on any atom is -0.496 e. The molecule has 1 aromatic rings. The highest BCUT2D eigenvalue weighted by molar-refractivity contribution is 7.99. The maximum Gasteiger partial charge on any atom is 0.168 e. The largest absolute Gasteiger partial charge is 0.496 e. The molecule has 0 aromatic heterocycles. The van der Waals surface area contributed by atoms with Crippen LogP contribution in [0.3, 0.4) is 0 Å². The Morgan fingerprint density at radius 1 is 1.40 bits per heavy atom. The summed E-state index contributed by atoms with van der Waals surface area (Å²) >= 11 is 1.73. The molecule has 1 aliphatic heterocycles. The van der Waals surface area contributed by atoms with Crippen molar-refractivity contribution < 1.29 is 14.2 Å². The van der Waals surface area contributed by atoms with Crippen LogP contribution in [0.5, 0.6) is 5.75 Å². The first-order chi connectivity index (χ1) is 9.71. The number of nitrogens with two attached hydrogens (primary N) is 1. The van der Waals surface area contributed by atoms with Crippen molar-refractivity contribution in [3.05, 3.63) is 18.2 Å². The second-order valence-corrected chi connectivity index (χ2v) is 6.45. The smallest absolute Gasteiger partial charge is 0.168 e. The van der Waals surface area contributed by atoms with Crippen molar-refractivity contribution in [3.63, 3.8) is 0 Å². The number of hydrogen-bond acceptors (Lipinski definition) is 5. The van der Waals surface area contributed by atoms with E-state index in [1.807, 2.05) is 18.2 Å². The third-order valence-electron chi connectivity index (χ3n) is 3.89. The van der Waals surface area contributed by atoms with Gasteiger partial charge in [-0.25, -0.2) is 0 Å². The quantitative estimate of drug-likeness (QED) is 0.683. The van der Waals surface area contributed by atoms with Crippen LogP contribution in [0.15, 0.2) is 23.1 Å². The van der Waals surface area contributed by atoms with Gasteiger partial charge in [-0.2, -0.15) is 0 Å². The van der Waals surface area contributed by atoms with Gasteiger partial charge in [0.1, 0.15) is 5.75 Å². The number of benzene rings is 1. The summed E-state index contributed by atoms with van der Waals surface area (Å²) in [6, 6.07) is 5.75. The van der Waals surface area contributed by atoms with Crippen molar-refractivity contribution in [2.75, 3.05) is 25.2 Å². The zero-order valence-electron chi connectivity index (χ0n) is 11.8. The highest BCUT2D eigenvalue weighted by atomic mass is 32.2. The molecule has 1 unspecified atom stereocenters. The van der Waals surface area contributed by atoms with Crippen LogP contribution in [0, 0.1) is 0 Å². The van der Waals surface area contributed by atoms with E-state index in [4.69, 9.17) is 19.9 Å². The maximum atomic E-state index is 6.12. The van der Waals surface area contributed by atoms with Crippen molar-refractivity contribution in [2.45, 2.75) is 42.5 Å². The molecule has 5 heteroatoms. The van der Waals surface area contributed by atoms with Crippen molar-refractivity contribution >= 4 is 17.4 Å². The SMILES string of the molecule is COc1cc(N)ccc1SCC1COC2(CCCC2)O1. The molecule has 1 atom stereocenters. The van der Waals surface area contributed by atoms with Crippen molar-refractivity contribution in [1.29, 1.82) is 0 Å². The number of methoxy groups -OCH3 is 1. The van der Waals surface area contributed by atoms with Gasteiger partial charge in [0.25, 0.3) is 0 Å². The Balaban J connectivity index is 1.57. The van der Waals surface area contributed by atoms with E-state index in [1.165, 1.54) is 12.8 Å². The van der Waals surface area contributed by atoms with Gasteiger partial charge in [-0.1, -0.05) is 0 Å². The average molecular weight is 295 g/mol. The Labute approximate surface area is 124 Å². The van der Waals surface area contributed by atoms with Crippen molar-refractivity contribution in [3.8, 4) is 5.75 Å². The number of anilines is 1. The van der Waals surface area contributed by atoms with Gasteiger partial charge < -0.3 is 19.9 Å². The molecule has 3 rings (SSSR count). The molecule has 1 heterocycles. The summed E-state index contributed by atoms with van der Waals surface area (Å²) in [4.78, 5) is 1.10. The van der Waals surface area contributed by atoms with Crippen LogP contribution in [-0.2, 0) is 9.47 Å². The van der Waals surface area contributed by atoms with Crippen LogP contribution in [0.25, 0.3) is 0 Å². The van der Waals surface area contributed by atoms with E-state index < -0.39 is 0 Å². The highest BCUT2D eigenvalue weighted by Crippen LogP contribution is 2.41. The lowest BCUT2D eigenvalue weighted by Crippen LogP contribution is -2.27. The zero-order valence-corrected chi connectivity index (χ0v) is 12.6. The average Bonchev–Trinajstić information content (AvgIpc) is 3.08. The minimum absolute atomic E-state index is 0.167. The molecule has 1 aromatic carbocycles. The Morgan fingerprint density at radius 2 is 2.20 bits per heavy atom. The fourth-order valence-corrected chi connectivity index (χ4v) is 3.84. The normalized spacial score (nSPS) is 24.4. The monoisotopic (exact) mass is 295 g/mol. The fraction of sp³-hybridized carbons (Fsp3) is 0.600. The topological polar surface area (TPSA) is 53.7 Å². The van der Waals surface area contributed by atoms with Gasteiger partial charge in [-0.05, 0) is 25.0 Å². The van der Waals surface area contributed by atoms with Crippen LogP contribution in [0.2, 0.25) is 0 Å². The molecule has 110 valence electrons. The Bertz CT molecular complexity index is 474. The van der Waals surface area contributed by atoms with Gasteiger partial charge in [0, 0.05) is 35.2 Å². The molecular weight excluding hydrogens is 274 g/mol. The van der Waals surface area contributed by atoms with Gasteiger partial charge >= 0.3 is 0 Å². The molecule has 20 heavy (non-hydrogen) atoms. The summed E-state index contributed by atoms with van der Waals surface area (Å²) in [6.45, 7) is 0.699. The van der Waals surface area contributed by atoms with E-state index in [9.17, 15) is 0 Å². The molecule has 1 aliphatic carbocycles. The highest BCUT2D eigenvalue weighted by Gasteiger charge is 2.43. The minimum atomic E-state index is -0.267. The molecule has 0 bridgehead atoms. The number of thioether (sulfide) groups is 1. The predicted octanol–water partition coefficient (Wildman–Crippen LogP) is 3.06. The van der Waals surface area contributed by atoms with E-state index in [0.717, 1.165) is 34.9 Å². The summed E-state index contributed by atoms with van der Waals surface area (Å²) in [5, 5.41) is 0. The molecule has 0 radical (unpaired) electrons. The third-order valence-corrected chi connectivity index (χ3v) is 5.08. The predicted molar refractivity (Wildman–Crippen MR) is 80.2 cm³/mol. The molecule has 1 saturated carbocycles. The van der Waals surface area contributed by atoms with E-state index in [1.54, 1.807) is 18.9 Å². The van der Waals surface area contributed by atoms with Crippen molar-refractivity contribution in [1.82, 2.24) is 0 Å². The lowest BCUT2D eigenvalue weighted by Gasteiger charge is -2.21. The molecule has 2 fully saturated rings. The van der Waals surface area contributed by atoms with Gasteiger partial charge in [0.05, 0.1) is 19.8 Å². The molecule has 0 amide bonds. The van der Waals surface area contributed by atoms with Crippen LogP contribution in [0.1, 0.15) is 25.7 Å². The molecule has 2 N–H and O–H groups in total. The molecule has 1 saturated heterocycles. The summed E-state index contributed by atoms with van der Waals surface area (Å²) in [7, 11) is 1.67. The summed E-state index contributed by atoms with van der Waals surface area (Å²) in [5.41, 5.74) is 6.48. The fourth-order valence-electron chi connectivity index (χ4n) is 2.86. The lowest BCUT2D eigenvalue weighted by molar-refractivity contribution is -0.159. The first-order valence-corrected chi connectivity index (χ1v) is 8.07. The molecule has 1 spiro atoms. The first-order valence-electron chi connectivity index (χ1n) is 7.09. The Hall–Kier alpha value is -0.910. The van der Waals surface area contributed by atoms with Crippen LogP contribution < -0.4 is 10.5 Å². The van der Waals surface area contributed by atoms with E-state index in [0.29, 0.717) is 6.61 Å². The van der Waals surface area contributed by atoms with Crippen LogP contribution in [0.4, 0.5) is 5.69 Å². The summed E-state index contributed by atoms with van der Waals surface area (Å²) in [5.74, 6) is 1.43. The second kappa shape index (κ2) is 5.84.